The molecule has 0 spiro atoms. The number of hydrogen-bond acceptors (Lipinski definition) is 5. The van der Waals surface area contributed by atoms with Crippen LogP contribution in [0.2, 0.25) is 0 Å². The Labute approximate surface area is 117 Å². The van der Waals surface area contributed by atoms with Gasteiger partial charge in [-0.1, -0.05) is 12.2 Å². The number of anilines is 1. The van der Waals surface area contributed by atoms with Crippen molar-refractivity contribution in [1.82, 2.24) is 19.7 Å². The molecule has 0 radical (unpaired) electrons. The largest absolute Gasteiger partial charge is 0.388 e. The predicted molar refractivity (Wildman–Crippen MR) is 78.1 cm³/mol. The molecule has 2 aromatic rings. The summed E-state index contributed by atoms with van der Waals surface area (Å²) >= 11 is 4.92. The SMILES string of the molecule is Cc1cnn(CCNc2nc(C)cc(C(N)=S)n2)c1. The Balaban J connectivity index is 1.97. The van der Waals surface area contributed by atoms with Crippen LogP contribution in [-0.2, 0) is 6.54 Å². The number of aromatic nitrogens is 4. The maximum Gasteiger partial charge on any atom is 0.223 e. The van der Waals surface area contributed by atoms with Gasteiger partial charge in [0.2, 0.25) is 5.95 Å². The second-order valence-electron chi connectivity index (χ2n) is 4.29. The van der Waals surface area contributed by atoms with Gasteiger partial charge in [-0.25, -0.2) is 9.97 Å². The summed E-state index contributed by atoms with van der Waals surface area (Å²) in [7, 11) is 0. The van der Waals surface area contributed by atoms with Crippen LogP contribution in [-0.4, -0.2) is 31.3 Å². The minimum Gasteiger partial charge on any atom is -0.388 e. The van der Waals surface area contributed by atoms with Gasteiger partial charge in [-0.3, -0.25) is 4.68 Å². The van der Waals surface area contributed by atoms with E-state index in [4.69, 9.17) is 18.0 Å². The van der Waals surface area contributed by atoms with E-state index in [9.17, 15) is 0 Å². The van der Waals surface area contributed by atoms with Crippen molar-refractivity contribution in [3.05, 3.63) is 35.4 Å². The highest BCUT2D eigenvalue weighted by atomic mass is 32.1. The molecule has 2 aromatic heterocycles. The molecule has 6 nitrogen and oxygen atoms in total. The van der Waals surface area contributed by atoms with Gasteiger partial charge in [0.15, 0.2) is 0 Å². The normalized spacial score (nSPS) is 10.4. The molecule has 0 aromatic carbocycles. The van der Waals surface area contributed by atoms with Gasteiger partial charge in [0.05, 0.1) is 12.7 Å². The van der Waals surface area contributed by atoms with Gasteiger partial charge >= 0.3 is 0 Å². The van der Waals surface area contributed by atoms with E-state index < -0.39 is 0 Å². The van der Waals surface area contributed by atoms with Crippen LogP contribution in [0.15, 0.2) is 18.5 Å². The first-order chi connectivity index (χ1) is 9.04. The smallest absolute Gasteiger partial charge is 0.223 e. The van der Waals surface area contributed by atoms with E-state index in [0.717, 1.165) is 17.8 Å². The molecule has 0 saturated heterocycles. The minimum absolute atomic E-state index is 0.274. The van der Waals surface area contributed by atoms with E-state index in [1.807, 2.05) is 30.9 Å². The Hall–Kier alpha value is -2.02. The van der Waals surface area contributed by atoms with Gasteiger partial charge in [0.1, 0.15) is 10.7 Å². The molecule has 0 aliphatic rings. The van der Waals surface area contributed by atoms with Gasteiger partial charge in [-0.15, -0.1) is 0 Å². The van der Waals surface area contributed by atoms with Crippen molar-refractivity contribution in [2.24, 2.45) is 5.73 Å². The monoisotopic (exact) mass is 276 g/mol. The molecule has 0 atom stereocenters. The summed E-state index contributed by atoms with van der Waals surface area (Å²) in [6, 6.07) is 1.77. The second-order valence-corrected chi connectivity index (χ2v) is 4.73. The molecule has 0 unspecified atom stereocenters. The van der Waals surface area contributed by atoms with E-state index in [1.54, 1.807) is 6.07 Å². The van der Waals surface area contributed by atoms with Crippen molar-refractivity contribution < 1.29 is 0 Å². The third kappa shape index (κ3) is 3.72. The van der Waals surface area contributed by atoms with Crippen LogP contribution in [0, 0.1) is 13.8 Å². The Morgan fingerprint density at radius 3 is 2.84 bits per heavy atom. The summed E-state index contributed by atoms with van der Waals surface area (Å²) in [4.78, 5) is 8.81. The average molecular weight is 276 g/mol. The third-order valence-electron chi connectivity index (χ3n) is 2.49. The van der Waals surface area contributed by atoms with Crippen LogP contribution in [0.4, 0.5) is 5.95 Å². The van der Waals surface area contributed by atoms with Gasteiger partial charge in [-0.2, -0.15) is 5.10 Å². The molecular weight excluding hydrogens is 260 g/mol. The maximum atomic E-state index is 5.57. The third-order valence-corrected chi connectivity index (χ3v) is 2.70. The number of hydrogen-bond donors (Lipinski definition) is 2. The lowest BCUT2D eigenvalue weighted by Gasteiger charge is -2.07. The quantitative estimate of drug-likeness (QED) is 0.794. The lowest BCUT2D eigenvalue weighted by Crippen LogP contribution is -2.17. The summed E-state index contributed by atoms with van der Waals surface area (Å²) < 4.78 is 1.87. The molecule has 3 N–H and O–H groups in total. The zero-order valence-electron chi connectivity index (χ0n) is 10.9. The molecule has 0 amide bonds. The topological polar surface area (TPSA) is 81.7 Å². The van der Waals surface area contributed by atoms with Crippen LogP contribution in [0.1, 0.15) is 17.0 Å². The first kappa shape index (κ1) is 13.4. The Bertz CT molecular complexity index is 592. The van der Waals surface area contributed by atoms with Gasteiger partial charge in [0.25, 0.3) is 0 Å². The van der Waals surface area contributed by atoms with Crippen LogP contribution < -0.4 is 11.1 Å². The van der Waals surface area contributed by atoms with Gasteiger partial charge < -0.3 is 11.1 Å². The summed E-state index contributed by atoms with van der Waals surface area (Å²) in [6.07, 6.45) is 3.81. The predicted octanol–water partition coefficient (Wildman–Crippen LogP) is 1.04. The van der Waals surface area contributed by atoms with Crippen molar-refractivity contribution in [2.75, 3.05) is 11.9 Å². The second kappa shape index (κ2) is 5.75. The van der Waals surface area contributed by atoms with Crippen molar-refractivity contribution in [2.45, 2.75) is 20.4 Å². The lowest BCUT2D eigenvalue weighted by atomic mass is 10.3. The Morgan fingerprint density at radius 1 is 1.42 bits per heavy atom. The molecule has 19 heavy (non-hydrogen) atoms. The van der Waals surface area contributed by atoms with Gasteiger partial charge in [0, 0.05) is 18.4 Å². The first-order valence-corrected chi connectivity index (χ1v) is 6.34. The number of nitrogens with one attached hydrogen (secondary N) is 1. The number of thiocarbonyl (C=S) groups is 1. The Kier molecular flexibility index (Phi) is 4.06. The highest BCUT2D eigenvalue weighted by Crippen LogP contribution is 2.04. The molecule has 2 heterocycles. The fourth-order valence-electron chi connectivity index (χ4n) is 1.65. The molecule has 0 fully saturated rings. The minimum atomic E-state index is 0.274. The molecule has 2 rings (SSSR count). The zero-order valence-corrected chi connectivity index (χ0v) is 11.7. The molecule has 0 aliphatic carbocycles. The van der Waals surface area contributed by atoms with Crippen molar-refractivity contribution in [3.8, 4) is 0 Å². The van der Waals surface area contributed by atoms with Crippen molar-refractivity contribution in [3.63, 3.8) is 0 Å². The van der Waals surface area contributed by atoms with E-state index in [-0.39, 0.29) is 4.99 Å². The summed E-state index contributed by atoms with van der Waals surface area (Å²) in [5.41, 5.74) is 8.13. The van der Waals surface area contributed by atoms with Crippen LogP contribution in [0.3, 0.4) is 0 Å². The fourth-order valence-corrected chi connectivity index (χ4v) is 1.75. The standard InChI is InChI=1S/C12H16N6S/c1-8-6-15-18(7-8)4-3-14-12-16-9(2)5-10(17-12)11(13)19/h5-7H,3-4H2,1-2H3,(H2,13,19)(H,14,16,17). The fraction of sp³-hybridized carbons (Fsp3) is 0.333. The highest BCUT2D eigenvalue weighted by Gasteiger charge is 2.04. The van der Waals surface area contributed by atoms with E-state index in [1.165, 1.54) is 0 Å². The number of nitrogens with two attached hydrogens (primary N) is 1. The number of nitrogens with zero attached hydrogens (tertiary/aromatic N) is 4. The first-order valence-electron chi connectivity index (χ1n) is 5.93. The van der Waals surface area contributed by atoms with Crippen LogP contribution in [0.5, 0.6) is 0 Å². The maximum absolute atomic E-state index is 5.57. The molecule has 0 saturated carbocycles. The van der Waals surface area contributed by atoms with E-state index in [0.29, 0.717) is 18.2 Å². The highest BCUT2D eigenvalue weighted by molar-refractivity contribution is 7.80. The molecule has 0 bridgehead atoms. The lowest BCUT2D eigenvalue weighted by molar-refractivity contribution is 0.635. The molecule has 7 heteroatoms. The van der Waals surface area contributed by atoms with Crippen LogP contribution in [0.25, 0.3) is 0 Å². The zero-order chi connectivity index (χ0) is 13.8. The van der Waals surface area contributed by atoms with Crippen molar-refractivity contribution >= 4 is 23.2 Å². The summed E-state index contributed by atoms with van der Waals surface area (Å²) in [5.74, 6) is 0.534. The summed E-state index contributed by atoms with van der Waals surface area (Å²) in [6.45, 7) is 5.31. The molecular formula is C12H16N6S. The van der Waals surface area contributed by atoms with E-state index >= 15 is 0 Å². The molecule has 0 aliphatic heterocycles. The van der Waals surface area contributed by atoms with Crippen molar-refractivity contribution in [1.29, 1.82) is 0 Å². The number of aryl methyl sites for hydroxylation is 2. The Morgan fingerprint density at radius 2 is 2.21 bits per heavy atom. The van der Waals surface area contributed by atoms with E-state index in [2.05, 4.69) is 20.4 Å². The summed E-state index contributed by atoms with van der Waals surface area (Å²) in [5, 5.41) is 7.35. The van der Waals surface area contributed by atoms with Crippen LogP contribution >= 0.6 is 12.2 Å². The average Bonchev–Trinajstić information content (AvgIpc) is 2.74. The van der Waals surface area contributed by atoms with Gasteiger partial charge in [-0.05, 0) is 25.5 Å². The molecule has 100 valence electrons. The number of rotatable bonds is 5.